The minimum atomic E-state index is -0.171. The zero-order valence-corrected chi connectivity index (χ0v) is 13.5. The van der Waals surface area contributed by atoms with E-state index in [2.05, 4.69) is 27.8 Å². The van der Waals surface area contributed by atoms with Gasteiger partial charge in [-0.3, -0.25) is 9.78 Å². The molecule has 0 saturated carbocycles. The third-order valence-corrected chi connectivity index (χ3v) is 4.69. The summed E-state index contributed by atoms with van der Waals surface area (Å²) in [5.74, 6) is 0.140. The molecule has 3 rings (SSSR count). The Morgan fingerprint density at radius 3 is 3.00 bits per heavy atom. The minimum absolute atomic E-state index is 0.0806. The number of benzene rings is 1. The molecule has 2 atom stereocenters. The lowest BCUT2D eigenvalue weighted by Gasteiger charge is -2.27. The number of likely N-dealkylation sites (tertiary alicyclic amines) is 1. The van der Waals surface area contributed by atoms with E-state index in [-0.39, 0.29) is 18.0 Å². The van der Waals surface area contributed by atoms with E-state index in [1.165, 1.54) is 0 Å². The molecule has 1 aromatic heterocycles. The van der Waals surface area contributed by atoms with Crippen molar-refractivity contribution in [3.05, 3.63) is 40.5 Å². The average molecular weight is 348 g/mol. The Morgan fingerprint density at radius 1 is 1.43 bits per heavy atom. The smallest absolute Gasteiger partial charge is 0.224 e. The Bertz CT molecular complexity index is 688. The van der Waals surface area contributed by atoms with Crippen molar-refractivity contribution in [2.45, 2.75) is 31.8 Å². The van der Waals surface area contributed by atoms with Gasteiger partial charge in [-0.25, -0.2) is 0 Å². The number of pyridine rings is 1. The highest BCUT2D eigenvalue weighted by atomic mass is 79.9. The summed E-state index contributed by atoms with van der Waals surface area (Å²) in [6.45, 7) is 2.81. The first-order valence-corrected chi connectivity index (χ1v) is 8.01. The first-order valence-electron chi connectivity index (χ1n) is 7.21. The lowest BCUT2D eigenvalue weighted by atomic mass is 9.97. The molecule has 110 valence electrons. The quantitative estimate of drug-likeness (QED) is 0.928. The SMILES string of the molecule is CCCN1C(=O)CC(N)C1c1ccc(Br)c2cccnc12. The third-order valence-electron chi connectivity index (χ3n) is 4.00. The van der Waals surface area contributed by atoms with Crippen LogP contribution in [0.25, 0.3) is 10.9 Å². The van der Waals surface area contributed by atoms with Crippen LogP contribution in [0.1, 0.15) is 31.4 Å². The van der Waals surface area contributed by atoms with Gasteiger partial charge in [0, 0.05) is 40.6 Å². The van der Waals surface area contributed by atoms with Gasteiger partial charge < -0.3 is 10.6 Å². The highest BCUT2D eigenvalue weighted by molar-refractivity contribution is 9.10. The Kier molecular flexibility index (Phi) is 3.95. The summed E-state index contributed by atoms with van der Waals surface area (Å²) in [4.78, 5) is 18.6. The van der Waals surface area contributed by atoms with E-state index in [0.29, 0.717) is 6.42 Å². The second-order valence-electron chi connectivity index (χ2n) is 5.44. The molecule has 2 aromatic rings. The van der Waals surface area contributed by atoms with Gasteiger partial charge >= 0.3 is 0 Å². The molecule has 2 N–H and O–H groups in total. The fourth-order valence-electron chi connectivity index (χ4n) is 3.12. The Balaban J connectivity index is 2.15. The summed E-state index contributed by atoms with van der Waals surface area (Å²) in [5.41, 5.74) is 8.21. The van der Waals surface area contributed by atoms with Gasteiger partial charge in [0.1, 0.15) is 0 Å². The van der Waals surface area contributed by atoms with Gasteiger partial charge in [0.25, 0.3) is 0 Å². The predicted molar refractivity (Wildman–Crippen MR) is 86.8 cm³/mol. The molecule has 1 saturated heterocycles. The molecule has 2 heterocycles. The van der Waals surface area contributed by atoms with Crippen LogP contribution in [0.4, 0.5) is 0 Å². The molecule has 5 heteroatoms. The van der Waals surface area contributed by atoms with Gasteiger partial charge in [-0.1, -0.05) is 35.0 Å². The van der Waals surface area contributed by atoms with Crippen LogP contribution in [-0.4, -0.2) is 28.4 Å². The largest absolute Gasteiger partial charge is 0.334 e. The van der Waals surface area contributed by atoms with Gasteiger partial charge in [0.05, 0.1) is 11.6 Å². The third kappa shape index (κ3) is 2.45. The number of aromatic nitrogens is 1. The molecule has 1 amide bonds. The summed E-state index contributed by atoms with van der Waals surface area (Å²) in [7, 11) is 0. The molecule has 21 heavy (non-hydrogen) atoms. The number of halogens is 1. The van der Waals surface area contributed by atoms with Crippen LogP contribution < -0.4 is 5.73 Å². The molecule has 0 radical (unpaired) electrons. The summed E-state index contributed by atoms with van der Waals surface area (Å²) in [5, 5.41) is 1.05. The van der Waals surface area contributed by atoms with E-state index in [4.69, 9.17) is 5.73 Å². The monoisotopic (exact) mass is 347 g/mol. The Labute approximate surface area is 132 Å². The zero-order valence-electron chi connectivity index (χ0n) is 11.9. The van der Waals surface area contributed by atoms with Crippen molar-refractivity contribution in [1.82, 2.24) is 9.88 Å². The van der Waals surface area contributed by atoms with Gasteiger partial charge in [-0.2, -0.15) is 0 Å². The van der Waals surface area contributed by atoms with Crippen LogP contribution in [0.15, 0.2) is 34.9 Å². The molecule has 0 spiro atoms. The van der Waals surface area contributed by atoms with Crippen LogP contribution >= 0.6 is 15.9 Å². The number of rotatable bonds is 3. The maximum Gasteiger partial charge on any atom is 0.224 e. The maximum atomic E-state index is 12.2. The standard InChI is InChI=1S/C16H18BrN3O/c1-2-8-20-14(21)9-13(18)16(20)11-5-6-12(17)10-4-3-7-19-15(10)11/h3-7,13,16H,2,8-9,18H2,1H3. The normalized spacial score (nSPS) is 22.2. The van der Waals surface area contributed by atoms with Crippen LogP contribution in [0.3, 0.4) is 0 Å². The maximum absolute atomic E-state index is 12.2. The molecule has 0 bridgehead atoms. The number of carbonyl (C=O) groups is 1. The molecule has 1 aromatic carbocycles. The first kappa shape index (κ1) is 14.5. The molecular weight excluding hydrogens is 330 g/mol. The summed E-state index contributed by atoms with van der Waals surface area (Å²) in [6.07, 6.45) is 3.12. The van der Waals surface area contributed by atoms with Crippen molar-refractivity contribution < 1.29 is 4.79 Å². The van der Waals surface area contributed by atoms with Crippen LogP contribution in [0.2, 0.25) is 0 Å². The second-order valence-corrected chi connectivity index (χ2v) is 6.29. The Morgan fingerprint density at radius 2 is 2.24 bits per heavy atom. The minimum Gasteiger partial charge on any atom is -0.334 e. The van der Waals surface area contributed by atoms with Gasteiger partial charge in [0.2, 0.25) is 5.91 Å². The number of nitrogens with zero attached hydrogens (tertiary/aromatic N) is 2. The van der Waals surface area contributed by atoms with Gasteiger partial charge in [0.15, 0.2) is 0 Å². The van der Waals surface area contributed by atoms with E-state index < -0.39 is 0 Å². The number of nitrogens with two attached hydrogens (primary N) is 1. The topological polar surface area (TPSA) is 59.2 Å². The van der Waals surface area contributed by atoms with E-state index in [1.807, 2.05) is 29.2 Å². The number of amides is 1. The van der Waals surface area contributed by atoms with Gasteiger partial charge in [-0.05, 0) is 18.6 Å². The van der Waals surface area contributed by atoms with Crippen LogP contribution in [0, 0.1) is 0 Å². The second kappa shape index (κ2) is 5.73. The Hall–Kier alpha value is -1.46. The van der Waals surface area contributed by atoms with Crippen molar-refractivity contribution in [1.29, 1.82) is 0 Å². The first-order chi connectivity index (χ1) is 10.1. The fourth-order valence-corrected chi connectivity index (χ4v) is 3.57. The molecular formula is C16H18BrN3O. The van der Waals surface area contributed by atoms with Crippen molar-refractivity contribution in [2.24, 2.45) is 5.73 Å². The highest BCUT2D eigenvalue weighted by Gasteiger charge is 2.39. The van der Waals surface area contributed by atoms with Crippen molar-refractivity contribution >= 4 is 32.7 Å². The molecule has 4 nitrogen and oxygen atoms in total. The summed E-state index contributed by atoms with van der Waals surface area (Å²) >= 11 is 3.56. The summed E-state index contributed by atoms with van der Waals surface area (Å²) < 4.78 is 1.01. The highest BCUT2D eigenvalue weighted by Crippen LogP contribution is 2.37. The lowest BCUT2D eigenvalue weighted by molar-refractivity contribution is -0.129. The predicted octanol–water partition coefficient (Wildman–Crippen LogP) is 3.01. The van der Waals surface area contributed by atoms with E-state index >= 15 is 0 Å². The van der Waals surface area contributed by atoms with E-state index in [0.717, 1.165) is 33.9 Å². The average Bonchev–Trinajstić information content (AvgIpc) is 2.75. The summed E-state index contributed by atoms with van der Waals surface area (Å²) in [6, 6.07) is 7.74. The van der Waals surface area contributed by atoms with Crippen LogP contribution in [-0.2, 0) is 4.79 Å². The fraction of sp³-hybridized carbons (Fsp3) is 0.375. The van der Waals surface area contributed by atoms with Crippen molar-refractivity contribution in [3.63, 3.8) is 0 Å². The zero-order chi connectivity index (χ0) is 15.0. The van der Waals surface area contributed by atoms with Crippen LogP contribution in [0.5, 0.6) is 0 Å². The molecule has 1 fully saturated rings. The number of hydrogen-bond acceptors (Lipinski definition) is 3. The molecule has 2 unspecified atom stereocenters. The number of carbonyl (C=O) groups excluding carboxylic acids is 1. The molecule has 0 aliphatic carbocycles. The van der Waals surface area contributed by atoms with E-state index in [1.54, 1.807) is 6.20 Å². The van der Waals surface area contributed by atoms with E-state index in [9.17, 15) is 4.79 Å². The lowest BCUT2D eigenvalue weighted by Crippen LogP contribution is -2.33. The molecule has 1 aliphatic heterocycles. The van der Waals surface area contributed by atoms with Crippen molar-refractivity contribution in [2.75, 3.05) is 6.54 Å². The van der Waals surface area contributed by atoms with Crippen molar-refractivity contribution in [3.8, 4) is 0 Å². The number of hydrogen-bond donors (Lipinski definition) is 1. The number of fused-ring (bicyclic) bond motifs is 1. The van der Waals surface area contributed by atoms with Gasteiger partial charge in [-0.15, -0.1) is 0 Å². The molecule has 1 aliphatic rings.